The van der Waals surface area contributed by atoms with Gasteiger partial charge in [-0.05, 0) is 44.0 Å². The maximum Gasteiger partial charge on any atom is 0.254 e. The first-order valence-corrected chi connectivity index (χ1v) is 8.42. The van der Waals surface area contributed by atoms with E-state index in [4.69, 9.17) is 0 Å². The first-order chi connectivity index (χ1) is 12.2. The van der Waals surface area contributed by atoms with Gasteiger partial charge < -0.3 is 4.90 Å². The lowest BCUT2D eigenvalue weighted by atomic mass is 10.1. The van der Waals surface area contributed by atoms with E-state index in [1.165, 1.54) is 0 Å². The minimum absolute atomic E-state index is 0.0180. The van der Waals surface area contributed by atoms with Crippen LogP contribution >= 0.6 is 0 Å². The van der Waals surface area contributed by atoms with Gasteiger partial charge in [-0.2, -0.15) is 0 Å². The largest absolute Gasteiger partial charge is 0.327 e. The number of nitrogens with zero attached hydrogens (tertiary/aromatic N) is 5. The Morgan fingerprint density at radius 3 is 2.76 bits per heavy atom. The molecule has 1 amide bonds. The molecule has 126 valence electrons. The third-order valence-corrected chi connectivity index (χ3v) is 4.47. The van der Waals surface area contributed by atoms with E-state index >= 15 is 0 Å². The van der Waals surface area contributed by atoms with Gasteiger partial charge in [-0.3, -0.25) is 14.3 Å². The predicted octanol–water partition coefficient (Wildman–Crippen LogP) is 3.03. The molecule has 6 nitrogen and oxygen atoms in total. The molecule has 3 aromatic rings. The first-order valence-electron chi connectivity index (χ1n) is 8.42. The number of pyridine rings is 2. The normalized spacial score (nSPS) is 14.9. The fraction of sp³-hybridized carbons (Fsp3) is 0.263. The fourth-order valence-corrected chi connectivity index (χ4v) is 3.01. The van der Waals surface area contributed by atoms with Crippen LogP contribution in [0.5, 0.6) is 0 Å². The van der Waals surface area contributed by atoms with Crippen molar-refractivity contribution in [3.63, 3.8) is 0 Å². The van der Waals surface area contributed by atoms with E-state index in [0.717, 1.165) is 18.5 Å². The van der Waals surface area contributed by atoms with Gasteiger partial charge in [0.1, 0.15) is 12.1 Å². The number of amides is 1. The monoisotopic (exact) mass is 333 g/mol. The third-order valence-electron chi connectivity index (χ3n) is 4.47. The van der Waals surface area contributed by atoms with Crippen molar-refractivity contribution in [3.8, 4) is 5.82 Å². The van der Waals surface area contributed by atoms with Crippen LogP contribution in [0, 0.1) is 0 Å². The molecule has 6 heteroatoms. The molecule has 1 fully saturated rings. The van der Waals surface area contributed by atoms with Crippen LogP contribution in [0.15, 0.2) is 61.4 Å². The quantitative estimate of drug-likeness (QED) is 0.720. The van der Waals surface area contributed by atoms with Gasteiger partial charge in [0.15, 0.2) is 0 Å². The van der Waals surface area contributed by atoms with Crippen molar-refractivity contribution < 1.29 is 4.79 Å². The third kappa shape index (κ3) is 3.15. The molecule has 3 aromatic heterocycles. The highest BCUT2D eigenvalue weighted by Gasteiger charge is 2.37. The Balaban J connectivity index is 1.65. The van der Waals surface area contributed by atoms with Crippen LogP contribution in [0.1, 0.15) is 41.9 Å². The van der Waals surface area contributed by atoms with Crippen molar-refractivity contribution in [1.29, 1.82) is 0 Å². The lowest BCUT2D eigenvalue weighted by Crippen LogP contribution is -2.36. The molecule has 1 saturated carbocycles. The summed E-state index contributed by atoms with van der Waals surface area (Å²) in [7, 11) is 0. The predicted molar refractivity (Wildman–Crippen MR) is 93.2 cm³/mol. The number of carbonyl (C=O) groups is 1. The first kappa shape index (κ1) is 15.5. The van der Waals surface area contributed by atoms with Gasteiger partial charge >= 0.3 is 0 Å². The van der Waals surface area contributed by atoms with Gasteiger partial charge in [0, 0.05) is 36.4 Å². The van der Waals surface area contributed by atoms with E-state index in [-0.39, 0.29) is 18.0 Å². The SMILES string of the molecule is C[C@@H](c1ccccn1)N(C(=O)c1ccnc(-n2ccnc2)c1)C1CC1. The Kier molecular flexibility index (Phi) is 4.01. The summed E-state index contributed by atoms with van der Waals surface area (Å²) in [5.74, 6) is 0.703. The standard InChI is InChI=1S/C19H19N5O/c1-14(17-4-2-3-8-21-17)24(16-5-6-16)19(25)15-7-9-22-18(12-15)23-11-10-20-13-23/h2-4,7-14,16H,5-6H2,1H3/t14-/m0/s1. The number of carbonyl (C=O) groups excluding carboxylic acids is 1. The van der Waals surface area contributed by atoms with Crippen LogP contribution in [-0.2, 0) is 0 Å². The molecule has 25 heavy (non-hydrogen) atoms. The summed E-state index contributed by atoms with van der Waals surface area (Å²) in [5, 5.41) is 0. The number of imidazole rings is 1. The number of hydrogen-bond donors (Lipinski definition) is 0. The van der Waals surface area contributed by atoms with Gasteiger partial charge in [0.05, 0.1) is 11.7 Å². The lowest BCUT2D eigenvalue weighted by molar-refractivity contribution is 0.0670. The zero-order valence-electron chi connectivity index (χ0n) is 14.0. The molecule has 0 unspecified atom stereocenters. The van der Waals surface area contributed by atoms with Crippen molar-refractivity contribution >= 4 is 5.91 Å². The summed E-state index contributed by atoms with van der Waals surface area (Å²) in [6, 6.07) is 9.61. The molecule has 4 rings (SSSR count). The van der Waals surface area contributed by atoms with Crippen LogP contribution in [-0.4, -0.2) is 36.4 Å². The van der Waals surface area contributed by atoms with E-state index in [9.17, 15) is 4.79 Å². The fourth-order valence-electron chi connectivity index (χ4n) is 3.01. The van der Waals surface area contributed by atoms with Crippen molar-refractivity contribution in [1.82, 2.24) is 24.4 Å². The molecule has 0 N–H and O–H groups in total. The minimum atomic E-state index is -0.0638. The van der Waals surface area contributed by atoms with Gasteiger partial charge in [0.25, 0.3) is 5.91 Å². The van der Waals surface area contributed by atoms with Crippen LogP contribution in [0.4, 0.5) is 0 Å². The molecule has 1 aliphatic rings. The maximum atomic E-state index is 13.2. The minimum Gasteiger partial charge on any atom is -0.327 e. The summed E-state index contributed by atoms with van der Waals surface area (Å²) in [4.78, 5) is 27.9. The summed E-state index contributed by atoms with van der Waals surface area (Å²) >= 11 is 0. The second-order valence-electron chi connectivity index (χ2n) is 6.25. The molecular weight excluding hydrogens is 314 g/mol. The van der Waals surface area contributed by atoms with Gasteiger partial charge in [-0.1, -0.05) is 6.07 Å². The Morgan fingerprint density at radius 2 is 2.08 bits per heavy atom. The number of rotatable bonds is 5. The van der Waals surface area contributed by atoms with Crippen LogP contribution < -0.4 is 0 Å². The molecule has 0 aromatic carbocycles. The van der Waals surface area contributed by atoms with Crippen LogP contribution in [0.3, 0.4) is 0 Å². The highest BCUT2D eigenvalue weighted by atomic mass is 16.2. The molecule has 0 saturated heterocycles. The molecule has 1 aliphatic carbocycles. The molecule has 0 aliphatic heterocycles. The number of hydrogen-bond acceptors (Lipinski definition) is 4. The van der Waals surface area contributed by atoms with Crippen molar-refractivity contribution in [2.75, 3.05) is 0 Å². The number of aromatic nitrogens is 4. The second kappa shape index (κ2) is 6.47. The highest BCUT2D eigenvalue weighted by molar-refractivity contribution is 5.95. The molecule has 0 bridgehead atoms. The summed E-state index contributed by atoms with van der Waals surface area (Å²) in [6.45, 7) is 2.04. The molecule has 0 radical (unpaired) electrons. The van der Waals surface area contributed by atoms with Crippen LogP contribution in [0.2, 0.25) is 0 Å². The average molecular weight is 333 g/mol. The van der Waals surface area contributed by atoms with E-state index in [2.05, 4.69) is 15.0 Å². The lowest BCUT2D eigenvalue weighted by Gasteiger charge is -2.29. The summed E-state index contributed by atoms with van der Waals surface area (Å²) < 4.78 is 1.79. The van der Waals surface area contributed by atoms with E-state index in [0.29, 0.717) is 11.4 Å². The Labute approximate surface area is 146 Å². The Morgan fingerprint density at radius 1 is 1.20 bits per heavy atom. The van der Waals surface area contributed by atoms with Gasteiger partial charge in [-0.15, -0.1) is 0 Å². The van der Waals surface area contributed by atoms with E-state index < -0.39 is 0 Å². The van der Waals surface area contributed by atoms with Crippen molar-refractivity contribution in [2.24, 2.45) is 0 Å². The topological polar surface area (TPSA) is 63.9 Å². The zero-order chi connectivity index (χ0) is 17.2. The van der Waals surface area contributed by atoms with Crippen molar-refractivity contribution in [2.45, 2.75) is 31.8 Å². The highest BCUT2D eigenvalue weighted by Crippen LogP contribution is 2.35. The Hall–Kier alpha value is -3.02. The van der Waals surface area contributed by atoms with Gasteiger partial charge in [0.2, 0.25) is 0 Å². The molecule has 3 heterocycles. The summed E-state index contributed by atoms with van der Waals surface area (Å²) in [5.41, 5.74) is 1.54. The zero-order valence-corrected chi connectivity index (χ0v) is 14.0. The average Bonchev–Trinajstić information content (AvgIpc) is 3.34. The van der Waals surface area contributed by atoms with Crippen LogP contribution in [0.25, 0.3) is 5.82 Å². The summed E-state index contributed by atoms with van der Waals surface area (Å²) in [6.07, 6.45) is 10.7. The Bertz CT molecular complexity index is 859. The van der Waals surface area contributed by atoms with E-state index in [1.807, 2.05) is 42.3 Å². The second-order valence-corrected chi connectivity index (χ2v) is 6.25. The molecular formula is C19H19N5O. The smallest absolute Gasteiger partial charge is 0.254 e. The molecule has 0 spiro atoms. The van der Waals surface area contributed by atoms with E-state index in [1.54, 1.807) is 35.6 Å². The molecule has 1 atom stereocenters. The van der Waals surface area contributed by atoms with Crippen molar-refractivity contribution in [3.05, 3.63) is 72.7 Å². The maximum absolute atomic E-state index is 13.2. The van der Waals surface area contributed by atoms with Gasteiger partial charge in [-0.25, -0.2) is 9.97 Å².